The van der Waals surface area contributed by atoms with Crippen molar-refractivity contribution in [2.45, 2.75) is 6.42 Å². The first kappa shape index (κ1) is 14.5. The molecule has 0 bridgehead atoms. The summed E-state index contributed by atoms with van der Waals surface area (Å²) in [5, 5.41) is 16.5. The van der Waals surface area contributed by atoms with E-state index in [0.29, 0.717) is 24.2 Å². The van der Waals surface area contributed by atoms with Gasteiger partial charge < -0.3 is 15.6 Å². The van der Waals surface area contributed by atoms with Gasteiger partial charge in [0.15, 0.2) is 0 Å². The van der Waals surface area contributed by atoms with Crippen LogP contribution in [0.5, 0.6) is 0 Å². The average molecular weight is 289 g/mol. The fraction of sp³-hybridized carbons (Fsp3) is 0.231. The van der Waals surface area contributed by atoms with Crippen molar-refractivity contribution in [3.8, 4) is 0 Å². The second-order valence-electron chi connectivity index (χ2n) is 4.28. The van der Waals surface area contributed by atoms with Gasteiger partial charge in [0.25, 0.3) is 11.6 Å². The fourth-order valence-corrected chi connectivity index (χ4v) is 1.87. The van der Waals surface area contributed by atoms with Gasteiger partial charge in [-0.25, -0.2) is 4.98 Å². The summed E-state index contributed by atoms with van der Waals surface area (Å²) in [4.78, 5) is 29.1. The molecule has 1 heterocycles. The van der Waals surface area contributed by atoms with Crippen molar-refractivity contribution in [1.82, 2.24) is 15.3 Å². The number of anilines is 1. The minimum absolute atomic E-state index is 0.0675. The number of hydrogen-bond acceptors (Lipinski definition) is 5. The van der Waals surface area contributed by atoms with Gasteiger partial charge >= 0.3 is 0 Å². The lowest BCUT2D eigenvalue weighted by Gasteiger charge is -2.08. The van der Waals surface area contributed by atoms with Gasteiger partial charge in [-0.2, -0.15) is 0 Å². The number of rotatable bonds is 6. The summed E-state index contributed by atoms with van der Waals surface area (Å²) < 4.78 is 0. The summed E-state index contributed by atoms with van der Waals surface area (Å²) in [6.07, 6.45) is 3.95. The largest absolute Gasteiger partial charge is 0.379 e. The van der Waals surface area contributed by atoms with E-state index in [1.807, 2.05) is 0 Å². The Morgan fingerprint density at radius 3 is 2.90 bits per heavy atom. The predicted molar refractivity (Wildman–Crippen MR) is 77.3 cm³/mol. The minimum atomic E-state index is -0.483. The standard InChI is InChI=1S/C13H15N5O3/c1-14-13(19)9-2-3-11(18(20)21)10(8-9)15-5-4-12-16-6-7-17-12/h2-3,6-8,15H,4-5H2,1H3,(H,14,19)(H,16,17). The molecule has 0 fully saturated rings. The van der Waals surface area contributed by atoms with Crippen LogP contribution in [0.4, 0.5) is 11.4 Å². The topological polar surface area (TPSA) is 113 Å². The minimum Gasteiger partial charge on any atom is -0.379 e. The molecule has 0 saturated heterocycles. The number of H-pyrrole nitrogens is 1. The molecule has 0 radical (unpaired) electrons. The van der Waals surface area contributed by atoms with Crippen molar-refractivity contribution >= 4 is 17.3 Å². The van der Waals surface area contributed by atoms with E-state index in [4.69, 9.17) is 0 Å². The number of aromatic nitrogens is 2. The van der Waals surface area contributed by atoms with E-state index in [1.54, 1.807) is 12.4 Å². The lowest BCUT2D eigenvalue weighted by atomic mass is 10.1. The van der Waals surface area contributed by atoms with Crippen LogP contribution in [0.1, 0.15) is 16.2 Å². The number of nitro groups is 1. The quantitative estimate of drug-likeness (QED) is 0.548. The molecule has 1 aromatic heterocycles. The van der Waals surface area contributed by atoms with Gasteiger partial charge in [-0.05, 0) is 12.1 Å². The van der Waals surface area contributed by atoms with Gasteiger partial charge in [0.1, 0.15) is 11.5 Å². The summed E-state index contributed by atoms with van der Waals surface area (Å²) in [6.45, 7) is 0.464. The Morgan fingerprint density at radius 1 is 1.48 bits per heavy atom. The van der Waals surface area contributed by atoms with Gasteiger partial charge in [-0.3, -0.25) is 14.9 Å². The molecule has 0 spiro atoms. The van der Waals surface area contributed by atoms with E-state index in [0.717, 1.165) is 5.82 Å². The zero-order valence-electron chi connectivity index (χ0n) is 11.4. The molecule has 0 unspecified atom stereocenters. The Kier molecular flexibility index (Phi) is 4.50. The Labute approximate surface area is 120 Å². The molecule has 0 aliphatic carbocycles. The maximum atomic E-state index is 11.6. The Morgan fingerprint density at radius 2 is 2.29 bits per heavy atom. The number of carbonyl (C=O) groups excluding carboxylic acids is 1. The van der Waals surface area contributed by atoms with Crippen molar-refractivity contribution in [3.63, 3.8) is 0 Å². The molecule has 1 aromatic carbocycles. The first-order valence-corrected chi connectivity index (χ1v) is 6.34. The van der Waals surface area contributed by atoms with Crippen LogP contribution in [0, 0.1) is 10.1 Å². The lowest BCUT2D eigenvalue weighted by Crippen LogP contribution is -2.18. The molecular formula is C13H15N5O3. The summed E-state index contributed by atoms with van der Waals surface area (Å²) in [7, 11) is 1.51. The zero-order valence-corrected chi connectivity index (χ0v) is 11.4. The monoisotopic (exact) mass is 289 g/mol. The number of hydrogen-bond donors (Lipinski definition) is 3. The summed E-state index contributed by atoms with van der Waals surface area (Å²) in [5.74, 6) is 0.492. The second kappa shape index (κ2) is 6.51. The molecule has 0 aliphatic heterocycles. The van der Waals surface area contributed by atoms with Crippen LogP contribution < -0.4 is 10.6 Å². The second-order valence-corrected chi connectivity index (χ2v) is 4.28. The van der Waals surface area contributed by atoms with E-state index in [-0.39, 0.29) is 11.6 Å². The average Bonchev–Trinajstić information content (AvgIpc) is 2.99. The van der Waals surface area contributed by atoms with E-state index < -0.39 is 4.92 Å². The molecule has 0 atom stereocenters. The van der Waals surface area contributed by atoms with Gasteiger partial charge in [-0.1, -0.05) is 0 Å². The third-order valence-electron chi connectivity index (χ3n) is 2.91. The number of aromatic amines is 1. The van der Waals surface area contributed by atoms with Crippen molar-refractivity contribution in [2.75, 3.05) is 18.9 Å². The highest BCUT2D eigenvalue weighted by Crippen LogP contribution is 2.25. The van der Waals surface area contributed by atoms with Crippen LogP contribution in [-0.2, 0) is 6.42 Å². The van der Waals surface area contributed by atoms with Gasteiger partial charge in [0.2, 0.25) is 0 Å². The maximum Gasteiger partial charge on any atom is 0.292 e. The predicted octanol–water partition coefficient (Wildman–Crippen LogP) is 1.33. The first-order valence-electron chi connectivity index (χ1n) is 6.34. The van der Waals surface area contributed by atoms with Crippen LogP contribution in [0.3, 0.4) is 0 Å². The summed E-state index contributed by atoms with van der Waals surface area (Å²) in [6, 6.07) is 4.22. The molecule has 8 heteroatoms. The first-order chi connectivity index (χ1) is 10.1. The molecule has 2 aromatic rings. The number of imidazole rings is 1. The molecule has 1 amide bonds. The number of carbonyl (C=O) groups is 1. The molecule has 0 aliphatic rings. The molecule has 3 N–H and O–H groups in total. The molecule has 0 saturated carbocycles. The van der Waals surface area contributed by atoms with Crippen molar-refractivity contribution in [1.29, 1.82) is 0 Å². The van der Waals surface area contributed by atoms with Gasteiger partial charge in [0, 0.05) is 44.0 Å². The zero-order chi connectivity index (χ0) is 15.2. The number of nitro benzene ring substituents is 1. The SMILES string of the molecule is CNC(=O)c1ccc([N+](=O)[O-])c(NCCc2ncc[nH]2)c1. The Bertz CT molecular complexity index is 639. The number of benzene rings is 1. The highest BCUT2D eigenvalue weighted by Gasteiger charge is 2.16. The third-order valence-corrected chi connectivity index (χ3v) is 2.91. The number of nitrogens with one attached hydrogen (secondary N) is 3. The Balaban J connectivity index is 2.14. The van der Waals surface area contributed by atoms with Crippen LogP contribution in [-0.4, -0.2) is 34.4 Å². The van der Waals surface area contributed by atoms with E-state index in [1.165, 1.54) is 25.2 Å². The number of amides is 1. The molecule has 2 rings (SSSR count). The molecule has 21 heavy (non-hydrogen) atoms. The fourth-order valence-electron chi connectivity index (χ4n) is 1.87. The van der Waals surface area contributed by atoms with Crippen molar-refractivity contribution in [3.05, 3.63) is 52.1 Å². The molecule has 8 nitrogen and oxygen atoms in total. The normalized spacial score (nSPS) is 10.1. The van der Waals surface area contributed by atoms with Crippen molar-refractivity contribution in [2.24, 2.45) is 0 Å². The van der Waals surface area contributed by atoms with Crippen LogP contribution in [0.2, 0.25) is 0 Å². The third kappa shape index (κ3) is 3.56. The van der Waals surface area contributed by atoms with Crippen LogP contribution in [0.15, 0.2) is 30.6 Å². The maximum absolute atomic E-state index is 11.6. The van der Waals surface area contributed by atoms with Gasteiger partial charge in [-0.15, -0.1) is 0 Å². The van der Waals surface area contributed by atoms with Crippen LogP contribution in [0.25, 0.3) is 0 Å². The summed E-state index contributed by atoms with van der Waals surface area (Å²) >= 11 is 0. The lowest BCUT2D eigenvalue weighted by molar-refractivity contribution is -0.384. The molecular weight excluding hydrogens is 274 g/mol. The van der Waals surface area contributed by atoms with Gasteiger partial charge in [0.05, 0.1) is 4.92 Å². The highest BCUT2D eigenvalue weighted by molar-refractivity contribution is 5.95. The van der Waals surface area contributed by atoms with Crippen molar-refractivity contribution < 1.29 is 9.72 Å². The van der Waals surface area contributed by atoms with E-state index >= 15 is 0 Å². The smallest absolute Gasteiger partial charge is 0.292 e. The highest BCUT2D eigenvalue weighted by atomic mass is 16.6. The molecule has 110 valence electrons. The van der Waals surface area contributed by atoms with E-state index in [2.05, 4.69) is 20.6 Å². The Hall–Kier alpha value is -2.90. The summed E-state index contributed by atoms with van der Waals surface area (Å²) in [5.41, 5.74) is 0.610. The van der Waals surface area contributed by atoms with Crippen LogP contribution >= 0.6 is 0 Å². The number of nitrogens with zero attached hydrogens (tertiary/aromatic N) is 2. The van der Waals surface area contributed by atoms with E-state index in [9.17, 15) is 14.9 Å².